The first-order chi connectivity index (χ1) is 14.7. The highest BCUT2D eigenvalue weighted by atomic mass is 19.4. The molecule has 0 aliphatic carbocycles. The number of carbonyl (C=O) groups is 3. The molecule has 12 heteroatoms. The van der Waals surface area contributed by atoms with Crippen LogP contribution in [0.4, 0.5) is 13.2 Å². The molecule has 0 spiro atoms. The molecule has 1 aromatic carbocycles. The monoisotopic (exact) mass is 432 g/mol. The Hall–Kier alpha value is -4.09. The topological polar surface area (TPSA) is 133 Å². The first-order valence-electron chi connectivity index (χ1n) is 8.80. The van der Waals surface area contributed by atoms with Crippen LogP contribution in [0.25, 0.3) is 5.95 Å². The van der Waals surface area contributed by atoms with Gasteiger partial charge in [0.2, 0.25) is 5.78 Å². The van der Waals surface area contributed by atoms with Gasteiger partial charge in [0, 0.05) is 24.9 Å². The van der Waals surface area contributed by atoms with Crippen LogP contribution in [-0.2, 0) is 22.2 Å². The highest BCUT2D eigenvalue weighted by molar-refractivity contribution is 6.38. The molecule has 3 rings (SSSR count). The average Bonchev–Trinajstić information content (AvgIpc) is 3.20. The maximum atomic E-state index is 13.2. The molecule has 0 saturated carbocycles. The fourth-order valence-corrected chi connectivity index (χ4v) is 2.70. The molecular weight excluding hydrogens is 417 g/mol. The van der Waals surface area contributed by atoms with Gasteiger partial charge in [-0.25, -0.2) is 9.97 Å². The van der Waals surface area contributed by atoms with Crippen molar-refractivity contribution in [3.05, 3.63) is 71.8 Å². The number of aromatic nitrogens is 4. The van der Waals surface area contributed by atoms with Crippen molar-refractivity contribution in [3.63, 3.8) is 0 Å². The van der Waals surface area contributed by atoms with Crippen LogP contribution in [0.5, 0.6) is 0 Å². The van der Waals surface area contributed by atoms with Crippen molar-refractivity contribution in [3.8, 4) is 5.95 Å². The van der Waals surface area contributed by atoms with E-state index in [1.807, 2.05) is 0 Å². The lowest BCUT2D eigenvalue weighted by Gasteiger charge is -2.16. The molecule has 0 saturated heterocycles. The molecule has 2 amide bonds. The number of nitrogens with two attached hydrogens (primary N) is 1. The molecule has 0 aliphatic rings. The van der Waals surface area contributed by atoms with E-state index in [4.69, 9.17) is 5.73 Å². The number of amides is 2. The van der Waals surface area contributed by atoms with Gasteiger partial charge in [-0.3, -0.25) is 14.4 Å². The maximum absolute atomic E-state index is 13.2. The fourth-order valence-electron chi connectivity index (χ4n) is 2.70. The average molecular weight is 432 g/mol. The van der Waals surface area contributed by atoms with Crippen molar-refractivity contribution < 1.29 is 27.6 Å². The third kappa shape index (κ3) is 5.10. The Labute approximate surface area is 173 Å². The van der Waals surface area contributed by atoms with Crippen LogP contribution in [0.15, 0.2) is 54.9 Å². The van der Waals surface area contributed by atoms with Crippen LogP contribution in [0.1, 0.15) is 21.7 Å². The Morgan fingerprint density at radius 1 is 1.06 bits per heavy atom. The zero-order valence-corrected chi connectivity index (χ0v) is 15.7. The number of primary amides is 1. The number of halogens is 3. The number of hydrogen-bond donors (Lipinski definition) is 2. The zero-order chi connectivity index (χ0) is 22.6. The van der Waals surface area contributed by atoms with Crippen LogP contribution in [-0.4, -0.2) is 43.4 Å². The molecule has 9 nitrogen and oxygen atoms in total. The van der Waals surface area contributed by atoms with Gasteiger partial charge >= 0.3 is 6.18 Å². The minimum absolute atomic E-state index is 0.101. The van der Waals surface area contributed by atoms with Crippen molar-refractivity contribution in [1.82, 2.24) is 25.1 Å². The second kappa shape index (κ2) is 8.73. The second-order valence-corrected chi connectivity index (χ2v) is 6.32. The molecule has 0 aliphatic heterocycles. The summed E-state index contributed by atoms with van der Waals surface area (Å²) < 4.78 is 40.1. The number of hydrogen-bond acceptors (Lipinski definition) is 6. The summed E-state index contributed by atoms with van der Waals surface area (Å²) in [6, 6.07) is 8.92. The molecule has 160 valence electrons. The highest BCUT2D eigenvalue weighted by Crippen LogP contribution is 2.29. The summed E-state index contributed by atoms with van der Waals surface area (Å²) in [5, 5.41) is 5.64. The first kappa shape index (κ1) is 21.6. The summed E-state index contributed by atoms with van der Waals surface area (Å²) in [6.07, 6.45) is -2.43. The molecule has 2 heterocycles. The Kier molecular flexibility index (Phi) is 6.09. The smallest absolute Gasteiger partial charge is 0.363 e. The lowest BCUT2D eigenvalue weighted by atomic mass is 10.0. The van der Waals surface area contributed by atoms with Gasteiger partial charge in [-0.1, -0.05) is 30.3 Å². The molecule has 0 bridgehead atoms. The van der Waals surface area contributed by atoms with E-state index in [0.717, 1.165) is 0 Å². The van der Waals surface area contributed by atoms with Gasteiger partial charge in [-0.2, -0.15) is 23.0 Å². The first-order valence-corrected chi connectivity index (χ1v) is 8.80. The van der Waals surface area contributed by atoms with Crippen LogP contribution < -0.4 is 11.1 Å². The summed E-state index contributed by atoms with van der Waals surface area (Å²) in [5.41, 5.74) is 3.73. The quantitative estimate of drug-likeness (QED) is 0.537. The van der Waals surface area contributed by atoms with Crippen LogP contribution in [0.3, 0.4) is 0 Å². The van der Waals surface area contributed by atoms with Gasteiger partial charge < -0.3 is 11.1 Å². The van der Waals surface area contributed by atoms with Crippen LogP contribution >= 0.6 is 0 Å². The van der Waals surface area contributed by atoms with E-state index in [1.165, 1.54) is 18.5 Å². The van der Waals surface area contributed by atoms with Crippen molar-refractivity contribution in [2.75, 3.05) is 0 Å². The van der Waals surface area contributed by atoms with E-state index in [9.17, 15) is 27.6 Å². The summed E-state index contributed by atoms with van der Waals surface area (Å²) in [7, 11) is 0. The van der Waals surface area contributed by atoms with E-state index < -0.39 is 41.2 Å². The van der Waals surface area contributed by atoms with E-state index in [2.05, 4.69) is 20.4 Å². The van der Waals surface area contributed by atoms with Crippen LogP contribution in [0.2, 0.25) is 0 Å². The molecule has 0 fully saturated rings. The molecule has 1 atom stereocenters. The van der Waals surface area contributed by atoms with Gasteiger partial charge in [0.05, 0.1) is 0 Å². The number of ketones is 1. The van der Waals surface area contributed by atoms with Gasteiger partial charge in [-0.15, -0.1) is 0 Å². The highest BCUT2D eigenvalue weighted by Gasteiger charge is 2.37. The predicted octanol–water partition coefficient (Wildman–Crippen LogP) is 1.08. The molecule has 31 heavy (non-hydrogen) atoms. The van der Waals surface area contributed by atoms with Crippen molar-refractivity contribution in [2.45, 2.75) is 18.6 Å². The molecule has 3 N–H and O–H groups in total. The third-order valence-electron chi connectivity index (χ3n) is 4.12. The number of nitrogens with zero attached hydrogens (tertiary/aromatic N) is 4. The van der Waals surface area contributed by atoms with E-state index in [0.29, 0.717) is 16.3 Å². The lowest BCUT2D eigenvalue weighted by molar-refractivity contribution is -0.141. The Morgan fingerprint density at radius 2 is 1.71 bits per heavy atom. The zero-order valence-electron chi connectivity index (χ0n) is 15.7. The summed E-state index contributed by atoms with van der Waals surface area (Å²) >= 11 is 0. The second-order valence-electron chi connectivity index (χ2n) is 6.32. The van der Waals surface area contributed by atoms with Gasteiger partial charge in [0.15, 0.2) is 5.69 Å². The Balaban J connectivity index is 1.97. The molecular formula is C19H15F3N6O3. The molecule has 3 aromatic rings. The normalized spacial score (nSPS) is 12.2. The van der Waals surface area contributed by atoms with Gasteiger partial charge in [-0.05, 0) is 11.6 Å². The number of rotatable bonds is 7. The maximum Gasteiger partial charge on any atom is 0.435 e. The van der Waals surface area contributed by atoms with Crippen molar-refractivity contribution >= 4 is 17.6 Å². The molecule has 2 aromatic heterocycles. The largest absolute Gasteiger partial charge is 0.435 e. The number of benzene rings is 1. The minimum atomic E-state index is -4.85. The Bertz CT molecular complexity index is 1100. The van der Waals surface area contributed by atoms with E-state index in [1.54, 1.807) is 30.3 Å². The van der Waals surface area contributed by atoms with E-state index in [-0.39, 0.29) is 12.4 Å². The summed E-state index contributed by atoms with van der Waals surface area (Å²) in [6.45, 7) is 0. The summed E-state index contributed by atoms with van der Waals surface area (Å²) in [4.78, 5) is 44.0. The minimum Gasteiger partial charge on any atom is -0.363 e. The third-order valence-corrected chi connectivity index (χ3v) is 4.12. The summed E-state index contributed by atoms with van der Waals surface area (Å²) in [5.74, 6) is -3.78. The number of alkyl halides is 3. The van der Waals surface area contributed by atoms with Gasteiger partial charge in [0.1, 0.15) is 11.7 Å². The number of nitrogens with one attached hydrogen (secondary N) is 1. The van der Waals surface area contributed by atoms with Crippen LogP contribution in [0, 0.1) is 0 Å². The predicted molar refractivity (Wildman–Crippen MR) is 99.8 cm³/mol. The number of carbonyl (C=O) groups excluding carboxylic acids is 3. The molecule has 0 radical (unpaired) electrons. The Morgan fingerprint density at radius 3 is 2.29 bits per heavy atom. The number of Topliss-reactive ketones (excluding diaryl/α,β-unsaturated/α-hetero) is 1. The fraction of sp³-hybridized carbons (Fsp3) is 0.158. The van der Waals surface area contributed by atoms with E-state index >= 15 is 0 Å². The standard InChI is InChI=1S/C19H15F3N6O3/c20-19(21,22)14-10-13(28(27-14)18-24-7-4-8-25-18)17(31)26-12(15(29)16(23)30)9-11-5-2-1-3-6-11/h1-8,10,12H,9H2,(H2,23,30)(H,26,31). The lowest BCUT2D eigenvalue weighted by Crippen LogP contribution is -2.47. The van der Waals surface area contributed by atoms with Crippen molar-refractivity contribution in [2.24, 2.45) is 5.73 Å². The van der Waals surface area contributed by atoms with Gasteiger partial charge in [0.25, 0.3) is 17.8 Å². The van der Waals surface area contributed by atoms with Crippen molar-refractivity contribution in [1.29, 1.82) is 0 Å². The molecule has 1 unspecified atom stereocenters. The SMILES string of the molecule is NC(=O)C(=O)C(Cc1ccccc1)NC(=O)c1cc(C(F)(F)F)nn1-c1ncccn1.